The number of halogens is 9. The van der Waals surface area contributed by atoms with Crippen molar-refractivity contribution in [2.24, 2.45) is 0 Å². The van der Waals surface area contributed by atoms with Gasteiger partial charge in [-0.1, -0.05) is 38.1 Å². The van der Waals surface area contributed by atoms with Crippen LogP contribution in [0.3, 0.4) is 0 Å². The Bertz CT molecular complexity index is 1040. The summed E-state index contributed by atoms with van der Waals surface area (Å²) in [5.74, 6) is -33.0. The molecule has 0 saturated carbocycles. The predicted octanol–water partition coefficient (Wildman–Crippen LogP) is 6.83. The van der Waals surface area contributed by atoms with Crippen molar-refractivity contribution in [3.8, 4) is 11.5 Å². The molecule has 0 amide bonds. The quantitative estimate of drug-likeness (QED) is 0.497. The van der Waals surface area contributed by atoms with Crippen molar-refractivity contribution in [2.45, 2.75) is 42.9 Å². The Hall–Kier alpha value is -2.85. The van der Waals surface area contributed by atoms with Crippen molar-refractivity contribution in [1.82, 2.24) is 0 Å². The molecular weight excluding hydrogens is 455 g/mol. The van der Waals surface area contributed by atoms with Gasteiger partial charge in [-0.2, -0.15) is 30.7 Å². The molecule has 2 aromatic carbocycles. The number of allylic oxidation sites excluding steroid dienone is 1. The normalized spacial score (nSPS) is 24.3. The molecule has 0 saturated heterocycles. The molecule has 0 heterocycles. The second-order valence-corrected chi connectivity index (χ2v) is 7.74. The van der Waals surface area contributed by atoms with Gasteiger partial charge in [0.2, 0.25) is 11.7 Å². The summed E-state index contributed by atoms with van der Waals surface area (Å²) >= 11 is 0. The third-order valence-electron chi connectivity index (χ3n) is 5.37. The van der Waals surface area contributed by atoms with Gasteiger partial charge in [-0.15, -0.1) is 0 Å². The van der Waals surface area contributed by atoms with Gasteiger partial charge in [0.05, 0.1) is 0 Å². The summed E-state index contributed by atoms with van der Waals surface area (Å²) in [6.45, 7) is 3.45. The van der Waals surface area contributed by atoms with Crippen molar-refractivity contribution in [2.75, 3.05) is 0 Å². The van der Waals surface area contributed by atoms with Crippen molar-refractivity contribution in [1.29, 1.82) is 0 Å². The minimum atomic E-state index is -6.62. The smallest absolute Gasteiger partial charge is 0.391 e. The van der Waals surface area contributed by atoms with Crippen LogP contribution >= 0.6 is 0 Å². The van der Waals surface area contributed by atoms with Gasteiger partial charge in [-0.05, 0) is 35.4 Å². The highest BCUT2D eigenvalue weighted by atomic mass is 19.4. The fourth-order valence-electron chi connectivity index (χ4n) is 3.21. The van der Waals surface area contributed by atoms with Gasteiger partial charge in [-0.25, -0.2) is 8.78 Å². The number of ether oxygens (including phenoxy) is 1. The van der Waals surface area contributed by atoms with E-state index < -0.39 is 46.4 Å². The highest BCUT2D eigenvalue weighted by molar-refractivity contribution is 5.42. The van der Waals surface area contributed by atoms with Crippen LogP contribution in [0.1, 0.15) is 25.0 Å². The van der Waals surface area contributed by atoms with Gasteiger partial charge in [0, 0.05) is 5.41 Å². The number of alkyl halides is 7. The molecule has 174 valence electrons. The maximum absolute atomic E-state index is 14.7. The average Bonchev–Trinajstić information content (AvgIpc) is 2.72. The first kappa shape index (κ1) is 23.8. The lowest BCUT2D eigenvalue weighted by Crippen LogP contribution is -2.69. The Morgan fingerprint density at radius 3 is 1.59 bits per heavy atom. The zero-order chi connectivity index (χ0) is 24.3. The molecule has 0 aliphatic heterocycles. The standard InChI is InChI=1S/C21H15F9O2/c1-17(2,11-3-7-13(31)8-4-11)12-5-9-14(10-6-12)32-19(26)16(23)15(22)18(24,25)20(27,28)21(19,29)30/h3-10,31H,1-2H3. The highest BCUT2D eigenvalue weighted by Crippen LogP contribution is 2.61. The first-order valence-electron chi connectivity index (χ1n) is 8.98. The predicted molar refractivity (Wildman–Crippen MR) is 95.2 cm³/mol. The number of hydrogen-bond acceptors (Lipinski definition) is 2. The molecule has 11 heteroatoms. The lowest BCUT2D eigenvalue weighted by molar-refractivity contribution is -0.376. The molecule has 2 nitrogen and oxygen atoms in total. The van der Waals surface area contributed by atoms with Crippen molar-refractivity contribution < 1.29 is 49.4 Å². The largest absolute Gasteiger partial charge is 0.508 e. The fraction of sp³-hybridized carbons (Fsp3) is 0.333. The number of rotatable bonds is 4. The van der Waals surface area contributed by atoms with Gasteiger partial charge < -0.3 is 9.84 Å². The van der Waals surface area contributed by atoms with E-state index in [-0.39, 0.29) is 5.75 Å². The molecule has 1 atom stereocenters. The van der Waals surface area contributed by atoms with E-state index in [0.717, 1.165) is 12.1 Å². The molecule has 3 rings (SSSR count). The molecule has 1 N–H and O–H groups in total. The molecule has 1 unspecified atom stereocenters. The molecule has 0 fully saturated rings. The summed E-state index contributed by atoms with van der Waals surface area (Å²) in [4.78, 5) is 0. The maximum atomic E-state index is 14.7. The van der Waals surface area contributed by atoms with Crippen LogP contribution in [0, 0.1) is 0 Å². The van der Waals surface area contributed by atoms with Crippen LogP contribution in [0.4, 0.5) is 39.5 Å². The zero-order valence-electron chi connectivity index (χ0n) is 16.4. The average molecular weight is 470 g/mol. The topological polar surface area (TPSA) is 29.5 Å². The molecule has 1 aliphatic rings. The Labute approximate surface area is 175 Å². The zero-order valence-corrected chi connectivity index (χ0v) is 16.4. The van der Waals surface area contributed by atoms with Crippen molar-refractivity contribution >= 4 is 0 Å². The third kappa shape index (κ3) is 3.12. The SMILES string of the molecule is CC(C)(c1ccc(O)cc1)c1ccc(OC2(F)C(F)=C(F)C(F)(F)C(F)(F)C2(F)F)cc1. The van der Waals surface area contributed by atoms with E-state index in [1.807, 2.05) is 0 Å². The highest BCUT2D eigenvalue weighted by Gasteiger charge is 2.88. The number of benzene rings is 2. The summed E-state index contributed by atoms with van der Waals surface area (Å²) in [5, 5.41) is 9.39. The lowest BCUT2D eigenvalue weighted by atomic mass is 9.78. The summed E-state index contributed by atoms with van der Waals surface area (Å²) in [6, 6.07) is 10.0. The van der Waals surface area contributed by atoms with Crippen LogP contribution in [0.15, 0.2) is 60.2 Å². The third-order valence-corrected chi connectivity index (χ3v) is 5.37. The minimum absolute atomic E-state index is 0.000329. The number of hydrogen-bond donors (Lipinski definition) is 1. The summed E-state index contributed by atoms with van der Waals surface area (Å²) in [6.07, 6.45) is 0. The van der Waals surface area contributed by atoms with Gasteiger partial charge in [0.15, 0.2) is 0 Å². The van der Waals surface area contributed by atoms with Gasteiger partial charge in [0.1, 0.15) is 11.5 Å². The Kier molecular flexibility index (Phi) is 5.26. The molecular formula is C21H15F9O2. The maximum Gasteiger partial charge on any atom is 0.391 e. The first-order chi connectivity index (χ1) is 14.5. The Balaban J connectivity index is 1.98. The van der Waals surface area contributed by atoms with Crippen LogP contribution in [0.5, 0.6) is 11.5 Å². The van der Waals surface area contributed by atoms with E-state index >= 15 is 0 Å². The second-order valence-electron chi connectivity index (χ2n) is 7.74. The molecule has 32 heavy (non-hydrogen) atoms. The minimum Gasteiger partial charge on any atom is -0.508 e. The molecule has 0 bridgehead atoms. The first-order valence-corrected chi connectivity index (χ1v) is 8.98. The van der Waals surface area contributed by atoms with Crippen LogP contribution in [0.2, 0.25) is 0 Å². The van der Waals surface area contributed by atoms with E-state index in [0.29, 0.717) is 11.1 Å². The molecule has 0 radical (unpaired) electrons. The van der Waals surface area contributed by atoms with Crippen molar-refractivity contribution in [3.63, 3.8) is 0 Å². The lowest BCUT2D eigenvalue weighted by Gasteiger charge is -2.42. The monoisotopic (exact) mass is 470 g/mol. The van der Waals surface area contributed by atoms with Crippen LogP contribution < -0.4 is 4.74 Å². The Morgan fingerprint density at radius 1 is 0.688 bits per heavy atom. The van der Waals surface area contributed by atoms with Crippen LogP contribution in [0.25, 0.3) is 0 Å². The van der Waals surface area contributed by atoms with Gasteiger partial charge in [0.25, 0.3) is 0 Å². The Morgan fingerprint density at radius 2 is 1.12 bits per heavy atom. The summed E-state index contributed by atoms with van der Waals surface area (Å²) in [7, 11) is 0. The van der Waals surface area contributed by atoms with E-state index in [1.54, 1.807) is 26.0 Å². The van der Waals surface area contributed by atoms with Crippen LogP contribution in [-0.4, -0.2) is 28.7 Å². The van der Waals surface area contributed by atoms with Gasteiger partial charge >= 0.3 is 23.6 Å². The van der Waals surface area contributed by atoms with Crippen LogP contribution in [-0.2, 0) is 5.41 Å². The fourth-order valence-corrected chi connectivity index (χ4v) is 3.21. The van der Waals surface area contributed by atoms with E-state index in [1.165, 1.54) is 24.3 Å². The second kappa shape index (κ2) is 7.08. The van der Waals surface area contributed by atoms with E-state index in [9.17, 15) is 44.6 Å². The van der Waals surface area contributed by atoms with E-state index in [4.69, 9.17) is 0 Å². The number of phenolic OH excluding ortho intramolecular Hbond substituents is 1. The van der Waals surface area contributed by atoms with Crippen molar-refractivity contribution in [3.05, 3.63) is 71.3 Å². The summed E-state index contributed by atoms with van der Waals surface area (Å²) in [5.41, 5.74) is 0.390. The number of phenols is 1. The number of aromatic hydroxyl groups is 1. The molecule has 2 aromatic rings. The molecule has 1 aliphatic carbocycles. The summed E-state index contributed by atoms with van der Waals surface area (Å²) < 4.78 is 127. The van der Waals surface area contributed by atoms with Gasteiger partial charge in [-0.3, -0.25) is 0 Å². The molecule has 0 spiro atoms. The molecule has 0 aromatic heterocycles. The van der Waals surface area contributed by atoms with E-state index in [2.05, 4.69) is 4.74 Å².